The average Bonchev–Trinajstić information content (AvgIpc) is 2.48. The summed E-state index contributed by atoms with van der Waals surface area (Å²) in [6.45, 7) is 0.409. The van der Waals surface area contributed by atoms with Gasteiger partial charge >= 0.3 is 47.6 Å². The minimum atomic E-state index is -8.79. The maximum Gasteiger partial charge on any atom is 0.438 e. The topological polar surface area (TPSA) is 20.2 Å². The van der Waals surface area contributed by atoms with E-state index in [9.17, 15) is 74.6 Å². The highest BCUT2D eigenvalue weighted by molar-refractivity contribution is 5.24. The smallest absolute Gasteiger partial charge is 0.381 e. The predicted molar refractivity (Wildman–Crippen MR) is 60.1 cm³/mol. The van der Waals surface area contributed by atoms with E-state index in [1.165, 1.54) is 0 Å². The number of aliphatic hydroxyl groups excluding tert-OH is 1. The number of hydrogen-bond acceptors (Lipinski definition) is 1. The molecule has 0 aliphatic rings. The molecule has 1 nitrogen and oxygen atoms in total. The van der Waals surface area contributed by atoms with Crippen LogP contribution in [0.4, 0.5) is 74.6 Å². The number of hydrogen-bond donors (Lipinski definition) is 1. The zero-order chi connectivity index (χ0) is 25.0. The van der Waals surface area contributed by atoms with Gasteiger partial charge < -0.3 is 5.11 Å². The highest BCUT2D eigenvalue weighted by atomic mass is 19.4. The van der Waals surface area contributed by atoms with Crippen LogP contribution in [0.5, 0.6) is 0 Å². The molecule has 0 heterocycles. The first-order valence-electron chi connectivity index (χ1n) is 6.59. The lowest BCUT2D eigenvalue weighted by Crippen LogP contribution is -2.76. The second-order valence-corrected chi connectivity index (χ2v) is 5.47. The van der Waals surface area contributed by atoms with Crippen molar-refractivity contribution in [3.05, 3.63) is 0 Å². The third kappa shape index (κ3) is 3.73. The molecule has 0 aromatic heterocycles. The normalized spacial score (nSPS) is 16.8. The van der Waals surface area contributed by atoms with Crippen LogP contribution in [0, 0.1) is 11.8 Å². The van der Waals surface area contributed by atoms with Crippen LogP contribution >= 0.6 is 0 Å². The molecule has 0 aromatic carbocycles. The molecule has 0 aliphatic heterocycles. The van der Waals surface area contributed by atoms with E-state index < -0.39 is 53.7 Å². The Morgan fingerprint density at radius 1 is 0.533 bits per heavy atom. The van der Waals surface area contributed by atoms with Crippen molar-refractivity contribution in [2.24, 2.45) is 0 Å². The molecule has 0 aromatic rings. The molecule has 18 heteroatoms. The molecule has 0 saturated carbocycles. The molecule has 1 unspecified atom stereocenters. The van der Waals surface area contributed by atoms with Crippen molar-refractivity contribution in [3.63, 3.8) is 0 Å². The van der Waals surface area contributed by atoms with Gasteiger partial charge in [-0.05, 0) is 12.8 Å². The van der Waals surface area contributed by atoms with Gasteiger partial charge in [-0.2, -0.15) is 70.2 Å². The van der Waals surface area contributed by atoms with Crippen LogP contribution in [0.15, 0.2) is 0 Å². The largest absolute Gasteiger partial charge is 0.438 e. The van der Waals surface area contributed by atoms with Gasteiger partial charge in [-0.3, -0.25) is 0 Å². The highest BCUT2D eigenvalue weighted by Crippen LogP contribution is 2.65. The van der Waals surface area contributed by atoms with Gasteiger partial charge in [-0.15, -0.1) is 0 Å². The summed E-state index contributed by atoms with van der Waals surface area (Å²) >= 11 is 0. The van der Waals surface area contributed by atoms with Gasteiger partial charge in [0.1, 0.15) is 6.10 Å². The van der Waals surface area contributed by atoms with Gasteiger partial charge in [-0.1, -0.05) is 5.92 Å². The molecular weight excluding hydrogens is 483 g/mol. The van der Waals surface area contributed by atoms with E-state index in [1.54, 1.807) is 0 Å². The summed E-state index contributed by atoms with van der Waals surface area (Å²) in [5.74, 6) is -40.3. The Morgan fingerprint density at radius 2 is 0.833 bits per heavy atom. The van der Waals surface area contributed by atoms with E-state index in [1.807, 2.05) is 0 Å². The summed E-state index contributed by atoms with van der Waals surface area (Å²) in [5, 5.41) is 8.45. The van der Waals surface area contributed by atoms with E-state index in [0.29, 0.717) is 12.8 Å². The SMILES string of the molecule is CC(O)C#CC(F)(F)C(F)(F)C(F)(F)C(F)(F)C(F)(F)C(F)(C(F)(F)F)C(F)(F)F. The first kappa shape index (κ1) is 28.3. The third-order valence-electron chi connectivity index (χ3n) is 3.23. The van der Waals surface area contributed by atoms with Crippen molar-refractivity contribution in [3.8, 4) is 11.8 Å². The summed E-state index contributed by atoms with van der Waals surface area (Å²) in [6, 6.07) is 0. The van der Waals surface area contributed by atoms with E-state index in [4.69, 9.17) is 5.11 Å². The van der Waals surface area contributed by atoms with Gasteiger partial charge in [0.25, 0.3) is 0 Å². The summed E-state index contributed by atoms with van der Waals surface area (Å²) < 4.78 is 219. The zero-order valence-electron chi connectivity index (χ0n) is 13.4. The lowest BCUT2D eigenvalue weighted by atomic mass is 9.84. The minimum absolute atomic E-state index is 0.252. The van der Waals surface area contributed by atoms with E-state index in [2.05, 4.69) is 0 Å². The monoisotopic (exact) mass is 488 g/mol. The average molecular weight is 488 g/mol. The highest BCUT2D eigenvalue weighted by Gasteiger charge is 2.97. The van der Waals surface area contributed by atoms with E-state index in [-0.39, 0.29) is 5.92 Å². The molecule has 0 aliphatic carbocycles. The van der Waals surface area contributed by atoms with Crippen LogP contribution in [-0.2, 0) is 0 Å². The first-order valence-corrected chi connectivity index (χ1v) is 6.59. The van der Waals surface area contributed by atoms with Crippen LogP contribution in [0.25, 0.3) is 0 Å². The first-order chi connectivity index (χ1) is 12.7. The molecule has 178 valence electrons. The van der Waals surface area contributed by atoms with Crippen molar-refractivity contribution >= 4 is 0 Å². The Kier molecular flexibility index (Phi) is 6.79. The van der Waals surface area contributed by atoms with Gasteiger partial charge in [0, 0.05) is 0 Å². The molecule has 0 rings (SSSR count). The second-order valence-electron chi connectivity index (χ2n) is 5.47. The fraction of sp³-hybridized carbons (Fsp3) is 0.833. The predicted octanol–water partition coefficient (Wildman–Crippen LogP) is 5.38. The van der Waals surface area contributed by atoms with Gasteiger partial charge in [0.05, 0.1) is 0 Å². The Hall–Kier alpha value is -1.67. The standard InChI is InChI=1S/C12H5F17O/c1-4(30)2-3-5(13,14)7(16,17)9(20,21)10(22,23)8(18,19)6(15,11(24,25)26)12(27,28)29/h4,30H,1H3. The fourth-order valence-electron chi connectivity index (χ4n) is 1.60. The summed E-state index contributed by atoms with van der Waals surface area (Å²) in [7, 11) is 0. The maximum absolute atomic E-state index is 13.3. The second kappa shape index (κ2) is 7.19. The van der Waals surface area contributed by atoms with E-state index >= 15 is 0 Å². The maximum atomic E-state index is 13.3. The van der Waals surface area contributed by atoms with Crippen LogP contribution in [0.2, 0.25) is 0 Å². The molecule has 1 atom stereocenters. The van der Waals surface area contributed by atoms with Gasteiger partial charge in [-0.25, -0.2) is 4.39 Å². The van der Waals surface area contributed by atoms with E-state index in [0.717, 1.165) is 0 Å². The molecule has 0 saturated heterocycles. The van der Waals surface area contributed by atoms with Crippen molar-refractivity contribution in [1.29, 1.82) is 0 Å². The van der Waals surface area contributed by atoms with Gasteiger partial charge in [0.2, 0.25) is 0 Å². The lowest BCUT2D eigenvalue weighted by Gasteiger charge is -2.43. The van der Waals surface area contributed by atoms with Crippen molar-refractivity contribution in [2.45, 2.75) is 60.7 Å². The number of rotatable bonds is 5. The van der Waals surface area contributed by atoms with Crippen molar-refractivity contribution < 1.29 is 79.7 Å². The Balaban J connectivity index is 6.95. The summed E-state index contributed by atoms with van der Waals surface area (Å²) in [4.78, 5) is 0. The Morgan fingerprint density at radius 3 is 1.10 bits per heavy atom. The van der Waals surface area contributed by atoms with Gasteiger partial charge in [0.15, 0.2) is 0 Å². The van der Waals surface area contributed by atoms with Crippen LogP contribution < -0.4 is 0 Å². The summed E-state index contributed by atoms with van der Waals surface area (Å²) in [5.41, 5.74) is -8.57. The Bertz CT molecular complexity index is 672. The molecule has 0 spiro atoms. The zero-order valence-corrected chi connectivity index (χ0v) is 13.4. The van der Waals surface area contributed by atoms with Crippen molar-refractivity contribution in [1.82, 2.24) is 0 Å². The summed E-state index contributed by atoms with van der Waals surface area (Å²) in [6.07, 6.45) is -18.7. The molecule has 30 heavy (non-hydrogen) atoms. The molecule has 0 fully saturated rings. The molecule has 0 amide bonds. The van der Waals surface area contributed by atoms with Crippen molar-refractivity contribution in [2.75, 3.05) is 0 Å². The minimum Gasteiger partial charge on any atom is -0.381 e. The molecule has 0 bridgehead atoms. The quantitative estimate of drug-likeness (QED) is 0.407. The third-order valence-corrected chi connectivity index (χ3v) is 3.23. The molecule has 1 N–H and O–H groups in total. The molecular formula is C12H5F17O. The number of aliphatic hydroxyl groups is 1. The Labute approximate surface area is 153 Å². The lowest BCUT2D eigenvalue weighted by molar-refractivity contribution is -0.463. The van der Waals surface area contributed by atoms with Crippen LogP contribution in [0.3, 0.4) is 0 Å². The number of alkyl halides is 17. The van der Waals surface area contributed by atoms with Crippen LogP contribution in [0.1, 0.15) is 6.92 Å². The number of halogens is 17. The fourth-order valence-corrected chi connectivity index (χ4v) is 1.60. The molecule has 0 radical (unpaired) electrons. The van der Waals surface area contributed by atoms with Crippen LogP contribution in [-0.4, -0.2) is 58.8 Å².